The van der Waals surface area contributed by atoms with E-state index < -0.39 is 5.97 Å². The summed E-state index contributed by atoms with van der Waals surface area (Å²) in [7, 11) is 0. The Morgan fingerprint density at radius 3 is 2.19 bits per heavy atom. The van der Waals surface area contributed by atoms with Crippen molar-refractivity contribution in [2.75, 3.05) is 6.54 Å². The summed E-state index contributed by atoms with van der Waals surface area (Å²) in [5.41, 5.74) is 3.30. The zero-order chi connectivity index (χ0) is 21.9. The maximum absolute atomic E-state index is 10.6. The van der Waals surface area contributed by atoms with Crippen LogP contribution in [0.1, 0.15) is 30.0 Å². The molecule has 0 bridgehead atoms. The number of carbonyl (C=O) groups is 1. The van der Waals surface area contributed by atoms with Crippen molar-refractivity contribution in [3.8, 4) is 11.5 Å². The van der Waals surface area contributed by atoms with Crippen LogP contribution < -0.4 is 14.8 Å². The Balaban J connectivity index is 1.37. The highest BCUT2D eigenvalue weighted by Crippen LogP contribution is 2.16. The first-order valence-corrected chi connectivity index (χ1v) is 10.5. The molecule has 162 valence electrons. The third-order valence-corrected chi connectivity index (χ3v) is 4.82. The summed E-state index contributed by atoms with van der Waals surface area (Å²) in [5, 5.41) is 12.2. The lowest BCUT2D eigenvalue weighted by Crippen LogP contribution is -2.28. The van der Waals surface area contributed by atoms with Crippen molar-refractivity contribution in [3.05, 3.63) is 95.6 Å². The van der Waals surface area contributed by atoms with Crippen LogP contribution in [-0.2, 0) is 24.4 Å². The van der Waals surface area contributed by atoms with Gasteiger partial charge in [0.05, 0.1) is 0 Å². The van der Waals surface area contributed by atoms with Crippen molar-refractivity contribution in [2.24, 2.45) is 0 Å². The van der Waals surface area contributed by atoms with E-state index in [9.17, 15) is 4.79 Å². The number of rotatable bonds is 12. The van der Waals surface area contributed by atoms with Gasteiger partial charge in [0, 0.05) is 19.5 Å². The number of para-hydroxylation sites is 1. The van der Waals surface area contributed by atoms with Gasteiger partial charge in [0.15, 0.2) is 0 Å². The molecule has 0 aromatic heterocycles. The van der Waals surface area contributed by atoms with Crippen molar-refractivity contribution in [1.82, 2.24) is 5.32 Å². The molecule has 0 saturated carbocycles. The second-order valence-electron chi connectivity index (χ2n) is 7.52. The Morgan fingerprint density at radius 1 is 0.871 bits per heavy atom. The van der Waals surface area contributed by atoms with Crippen LogP contribution in [0.5, 0.6) is 11.5 Å². The van der Waals surface area contributed by atoms with Gasteiger partial charge < -0.3 is 19.9 Å². The molecule has 31 heavy (non-hydrogen) atoms. The van der Waals surface area contributed by atoms with Gasteiger partial charge in [-0.25, -0.2) is 0 Å². The van der Waals surface area contributed by atoms with E-state index in [1.807, 2.05) is 54.6 Å². The van der Waals surface area contributed by atoms with Gasteiger partial charge in [-0.15, -0.1) is 0 Å². The van der Waals surface area contributed by atoms with E-state index in [4.69, 9.17) is 14.6 Å². The molecule has 0 saturated heterocycles. The van der Waals surface area contributed by atoms with Crippen molar-refractivity contribution in [1.29, 1.82) is 0 Å². The van der Waals surface area contributed by atoms with Gasteiger partial charge in [0.1, 0.15) is 24.2 Å². The molecule has 0 aliphatic heterocycles. The lowest BCUT2D eigenvalue weighted by Gasteiger charge is -2.15. The van der Waals surface area contributed by atoms with E-state index >= 15 is 0 Å². The Morgan fingerprint density at radius 2 is 1.52 bits per heavy atom. The number of aryl methyl sites for hydroxylation is 1. The minimum atomic E-state index is -0.783. The Kier molecular flexibility index (Phi) is 8.49. The molecule has 5 nitrogen and oxygen atoms in total. The van der Waals surface area contributed by atoms with Crippen LogP contribution in [-0.4, -0.2) is 23.7 Å². The molecule has 0 aliphatic rings. The summed E-state index contributed by atoms with van der Waals surface area (Å²) >= 11 is 0. The van der Waals surface area contributed by atoms with Crippen molar-refractivity contribution in [3.63, 3.8) is 0 Å². The second-order valence-corrected chi connectivity index (χ2v) is 7.52. The van der Waals surface area contributed by atoms with E-state index in [0.717, 1.165) is 35.7 Å². The summed E-state index contributed by atoms with van der Waals surface area (Å²) in [4.78, 5) is 10.6. The fourth-order valence-electron chi connectivity index (χ4n) is 3.12. The molecule has 2 N–H and O–H groups in total. The van der Waals surface area contributed by atoms with Crippen LogP contribution in [0, 0.1) is 0 Å². The predicted molar refractivity (Wildman–Crippen MR) is 121 cm³/mol. The van der Waals surface area contributed by atoms with Crippen LogP contribution in [0.2, 0.25) is 0 Å². The Bertz CT molecular complexity index is 924. The van der Waals surface area contributed by atoms with Gasteiger partial charge in [-0.05, 0) is 54.3 Å². The van der Waals surface area contributed by atoms with E-state index in [1.165, 1.54) is 5.56 Å². The Labute approximate surface area is 183 Å². The van der Waals surface area contributed by atoms with Crippen molar-refractivity contribution in [2.45, 2.75) is 39.0 Å². The average molecular weight is 420 g/mol. The number of aliphatic carboxylic acids is 1. The smallest absolute Gasteiger partial charge is 0.303 e. The highest BCUT2D eigenvalue weighted by Gasteiger charge is 2.04. The third kappa shape index (κ3) is 8.15. The average Bonchev–Trinajstić information content (AvgIpc) is 2.78. The van der Waals surface area contributed by atoms with E-state index in [1.54, 1.807) is 0 Å². The quantitative estimate of drug-likeness (QED) is 0.440. The summed E-state index contributed by atoms with van der Waals surface area (Å²) in [6, 6.07) is 25.8. The van der Waals surface area contributed by atoms with Gasteiger partial charge in [-0.3, -0.25) is 4.79 Å². The van der Waals surface area contributed by atoms with Crippen molar-refractivity contribution < 1.29 is 19.4 Å². The number of carboxylic acids is 1. The fraction of sp³-hybridized carbons (Fsp3) is 0.269. The van der Waals surface area contributed by atoms with Gasteiger partial charge in [0.2, 0.25) is 0 Å². The molecule has 5 heteroatoms. The van der Waals surface area contributed by atoms with Gasteiger partial charge >= 0.3 is 5.97 Å². The highest BCUT2D eigenvalue weighted by molar-refractivity contribution is 5.67. The normalized spacial score (nSPS) is 11.6. The predicted octanol–water partition coefficient (Wildman–Crippen LogP) is 4.84. The SMILES string of the molecule is CC(CNCc1ccc(COc2ccc(CCC(=O)O)cc2)cc1)Oc1ccccc1. The van der Waals surface area contributed by atoms with Crippen LogP contribution in [0.4, 0.5) is 0 Å². The van der Waals surface area contributed by atoms with Gasteiger partial charge in [-0.1, -0.05) is 54.6 Å². The molecule has 0 amide bonds. The first-order valence-electron chi connectivity index (χ1n) is 10.5. The maximum Gasteiger partial charge on any atom is 0.303 e. The number of benzene rings is 3. The molecule has 0 radical (unpaired) electrons. The first kappa shape index (κ1) is 22.4. The molecule has 0 aliphatic carbocycles. The number of nitrogens with one attached hydrogen (secondary N) is 1. The number of hydrogen-bond acceptors (Lipinski definition) is 4. The summed E-state index contributed by atoms with van der Waals surface area (Å²) in [6.07, 6.45) is 0.758. The number of ether oxygens (including phenoxy) is 2. The Hall–Kier alpha value is -3.31. The van der Waals surface area contributed by atoms with E-state index in [0.29, 0.717) is 13.0 Å². The molecule has 0 fully saturated rings. The van der Waals surface area contributed by atoms with Gasteiger partial charge in [0.25, 0.3) is 0 Å². The standard InChI is InChI=1S/C26H29NO4/c1-20(31-25-5-3-2-4-6-25)17-27-18-22-7-9-23(10-8-22)19-30-24-14-11-21(12-15-24)13-16-26(28)29/h2-12,14-15,20,27H,13,16-19H2,1H3,(H,28,29). The van der Waals surface area contributed by atoms with Crippen LogP contribution in [0.15, 0.2) is 78.9 Å². The summed E-state index contributed by atoms with van der Waals surface area (Å²) in [6.45, 7) is 4.09. The van der Waals surface area contributed by atoms with E-state index in [2.05, 4.69) is 36.5 Å². The van der Waals surface area contributed by atoms with Crippen LogP contribution in [0.25, 0.3) is 0 Å². The molecular weight excluding hydrogens is 390 g/mol. The molecule has 3 aromatic carbocycles. The number of hydrogen-bond donors (Lipinski definition) is 2. The summed E-state index contributed by atoms with van der Waals surface area (Å²) in [5.74, 6) is 0.877. The van der Waals surface area contributed by atoms with Crippen LogP contribution in [0.3, 0.4) is 0 Å². The van der Waals surface area contributed by atoms with Crippen molar-refractivity contribution >= 4 is 5.97 Å². The maximum atomic E-state index is 10.6. The molecule has 0 heterocycles. The lowest BCUT2D eigenvalue weighted by atomic mass is 10.1. The molecule has 3 aromatic rings. The minimum absolute atomic E-state index is 0.0885. The molecule has 1 atom stereocenters. The molecular formula is C26H29NO4. The highest BCUT2D eigenvalue weighted by atomic mass is 16.5. The summed E-state index contributed by atoms with van der Waals surface area (Å²) < 4.78 is 11.7. The van der Waals surface area contributed by atoms with Gasteiger partial charge in [-0.2, -0.15) is 0 Å². The number of carboxylic acid groups (broad SMARTS) is 1. The minimum Gasteiger partial charge on any atom is -0.489 e. The topological polar surface area (TPSA) is 67.8 Å². The molecule has 0 spiro atoms. The second kappa shape index (κ2) is 11.8. The fourth-order valence-corrected chi connectivity index (χ4v) is 3.12. The monoisotopic (exact) mass is 419 g/mol. The van der Waals surface area contributed by atoms with E-state index in [-0.39, 0.29) is 12.5 Å². The van der Waals surface area contributed by atoms with Crippen LogP contribution >= 0.6 is 0 Å². The lowest BCUT2D eigenvalue weighted by molar-refractivity contribution is -0.136. The largest absolute Gasteiger partial charge is 0.489 e. The third-order valence-electron chi connectivity index (χ3n) is 4.82. The molecule has 3 rings (SSSR count). The molecule has 1 unspecified atom stereocenters. The first-order chi connectivity index (χ1) is 15.1. The zero-order valence-electron chi connectivity index (χ0n) is 17.8. The zero-order valence-corrected chi connectivity index (χ0v) is 17.8.